The van der Waals surface area contributed by atoms with Crippen molar-refractivity contribution in [1.82, 2.24) is 10.2 Å². The molecule has 1 N–H and O–H groups in total. The lowest BCUT2D eigenvalue weighted by atomic mass is 9.97. The van der Waals surface area contributed by atoms with Gasteiger partial charge in [-0.15, -0.1) is 0 Å². The third-order valence-corrected chi connectivity index (χ3v) is 3.99. The van der Waals surface area contributed by atoms with E-state index < -0.39 is 0 Å². The molecule has 1 fully saturated rings. The van der Waals surface area contributed by atoms with Crippen LogP contribution in [-0.4, -0.2) is 43.1 Å². The highest BCUT2D eigenvalue weighted by Gasteiger charge is 2.27. The van der Waals surface area contributed by atoms with Gasteiger partial charge in [-0.3, -0.25) is 4.79 Å². The predicted octanol–water partition coefficient (Wildman–Crippen LogP) is 2.35. The van der Waals surface area contributed by atoms with Crippen LogP contribution in [-0.2, 0) is 16.0 Å². The van der Waals surface area contributed by atoms with Crippen LogP contribution in [0.4, 0.5) is 9.18 Å². The standard InChI is InChI=1S/C17H23FN2O3/c1-12(8-13-4-3-5-14(18)10-13)9-16(21)19-15-6-7-20(11-15)17(22)23-2/h3-5,10,12,15H,6-9,11H2,1-2H3,(H,19,21)/t12-,15-/m1/s1. The zero-order chi connectivity index (χ0) is 16.8. The summed E-state index contributed by atoms with van der Waals surface area (Å²) < 4.78 is 17.8. The summed E-state index contributed by atoms with van der Waals surface area (Å²) >= 11 is 0. The number of likely N-dealkylation sites (tertiary alicyclic amines) is 1. The molecule has 0 unspecified atom stereocenters. The summed E-state index contributed by atoms with van der Waals surface area (Å²) in [5, 5.41) is 2.95. The number of amides is 2. The molecule has 2 amide bonds. The monoisotopic (exact) mass is 322 g/mol. The number of ether oxygens (including phenoxy) is 1. The second-order valence-corrected chi connectivity index (χ2v) is 6.11. The molecule has 1 aliphatic rings. The van der Waals surface area contributed by atoms with E-state index in [1.165, 1.54) is 19.2 Å². The van der Waals surface area contributed by atoms with Crippen LogP contribution in [0, 0.1) is 11.7 Å². The van der Waals surface area contributed by atoms with Gasteiger partial charge < -0.3 is 15.0 Å². The first kappa shape index (κ1) is 17.2. The number of nitrogens with one attached hydrogen (secondary N) is 1. The summed E-state index contributed by atoms with van der Waals surface area (Å²) in [4.78, 5) is 25.1. The Morgan fingerprint density at radius 2 is 2.26 bits per heavy atom. The Morgan fingerprint density at radius 1 is 1.48 bits per heavy atom. The predicted molar refractivity (Wildman–Crippen MR) is 84.4 cm³/mol. The molecule has 0 aromatic heterocycles. The largest absolute Gasteiger partial charge is 0.453 e. The van der Waals surface area contributed by atoms with Gasteiger partial charge >= 0.3 is 6.09 Å². The van der Waals surface area contributed by atoms with Crippen molar-refractivity contribution < 1.29 is 18.7 Å². The minimum atomic E-state index is -0.360. The van der Waals surface area contributed by atoms with Gasteiger partial charge in [0.05, 0.1) is 7.11 Å². The molecule has 5 nitrogen and oxygen atoms in total. The molecule has 0 bridgehead atoms. The van der Waals surface area contributed by atoms with Crippen molar-refractivity contribution >= 4 is 12.0 Å². The third-order valence-electron chi connectivity index (χ3n) is 3.99. The zero-order valence-corrected chi connectivity index (χ0v) is 13.5. The zero-order valence-electron chi connectivity index (χ0n) is 13.5. The van der Waals surface area contributed by atoms with E-state index >= 15 is 0 Å². The highest BCUT2D eigenvalue weighted by molar-refractivity contribution is 5.76. The van der Waals surface area contributed by atoms with Crippen molar-refractivity contribution in [2.24, 2.45) is 5.92 Å². The third kappa shape index (κ3) is 5.23. The lowest BCUT2D eigenvalue weighted by Gasteiger charge is -2.17. The lowest BCUT2D eigenvalue weighted by molar-refractivity contribution is -0.122. The fourth-order valence-corrected chi connectivity index (χ4v) is 2.91. The molecule has 126 valence electrons. The van der Waals surface area contributed by atoms with E-state index in [2.05, 4.69) is 10.1 Å². The second kappa shape index (κ2) is 7.94. The van der Waals surface area contributed by atoms with E-state index in [-0.39, 0.29) is 29.8 Å². The number of carbonyl (C=O) groups excluding carboxylic acids is 2. The van der Waals surface area contributed by atoms with Crippen LogP contribution in [0.3, 0.4) is 0 Å². The maximum atomic E-state index is 13.2. The molecule has 6 heteroatoms. The van der Waals surface area contributed by atoms with Gasteiger partial charge in [0.15, 0.2) is 0 Å². The summed E-state index contributed by atoms with van der Waals surface area (Å²) in [5.74, 6) is -0.173. The fraction of sp³-hybridized carbons (Fsp3) is 0.529. The van der Waals surface area contributed by atoms with Gasteiger partial charge in [0.1, 0.15) is 5.82 Å². The molecule has 1 aromatic rings. The molecule has 1 heterocycles. The van der Waals surface area contributed by atoms with Crippen LogP contribution < -0.4 is 5.32 Å². The number of carbonyl (C=O) groups is 2. The summed E-state index contributed by atoms with van der Waals surface area (Å²) in [6, 6.07) is 6.43. The van der Waals surface area contributed by atoms with E-state index in [0.29, 0.717) is 25.9 Å². The van der Waals surface area contributed by atoms with Crippen LogP contribution in [0.2, 0.25) is 0 Å². The fourth-order valence-electron chi connectivity index (χ4n) is 2.91. The number of nitrogens with zero attached hydrogens (tertiary/aromatic N) is 1. The first-order chi connectivity index (χ1) is 11.0. The minimum absolute atomic E-state index is 0.0250. The highest BCUT2D eigenvalue weighted by atomic mass is 19.1. The minimum Gasteiger partial charge on any atom is -0.453 e. The van der Waals surface area contributed by atoms with Gasteiger partial charge in [0, 0.05) is 25.6 Å². The smallest absolute Gasteiger partial charge is 0.409 e. The maximum Gasteiger partial charge on any atom is 0.409 e. The van der Waals surface area contributed by atoms with Gasteiger partial charge in [0.2, 0.25) is 5.91 Å². The SMILES string of the molecule is COC(=O)N1CC[C@@H](NC(=O)C[C@H](C)Cc2cccc(F)c2)C1. The van der Waals surface area contributed by atoms with Gasteiger partial charge in [-0.1, -0.05) is 19.1 Å². The van der Waals surface area contributed by atoms with Crippen molar-refractivity contribution in [3.05, 3.63) is 35.6 Å². The number of benzene rings is 1. The number of halogens is 1. The van der Waals surface area contributed by atoms with Gasteiger partial charge in [-0.2, -0.15) is 0 Å². The van der Waals surface area contributed by atoms with E-state index in [9.17, 15) is 14.0 Å². The Kier molecular flexibility index (Phi) is 5.96. The normalized spacial score (nSPS) is 18.6. The van der Waals surface area contributed by atoms with Crippen LogP contribution in [0.5, 0.6) is 0 Å². The maximum absolute atomic E-state index is 13.2. The van der Waals surface area contributed by atoms with Crippen molar-refractivity contribution in [3.63, 3.8) is 0 Å². The van der Waals surface area contributed by atoms with Gasteiger partial charge in [-0.05, 0) is 36.5 Å². The Hall–Kier alpha value is -2.11. The topological polar surface area (TPSA) is 58.6 Å². The number of methoxy groups -OCH3 is 1. The van der Waals surface area contributed by atoms with E-state index in [4.69, 9.17) is 0 Å². The molecule has 23 heavy (non-hydrogen) atoms. The molecule has 2 rings (SSSR count). The van der Waals surface area contributed by atoms with Crippen molar-refractivity contribution in [2.45, 2.75) is 32.2 Å². The highest BCUT2D eigenvalue weighted by Crippen LogP contribution is 2.15. The van der Waals surface area contributed by atoms with Gasteiger partial charge in [-0.25, -0.2) is 9.18 Å². The molecule has 0 spiro atoms. The van der Waals surface area contributed by atoms with E-state index in [0.717, 1.165) is 12.0 Å². The summed E-state index contributed by atoms with van der Waals surface area (Å²) in [6.07, 6.45) is 1.41. The molecule has 0 radical (unpaired) electrons. The van der Waals surface area contributed by atoms with Crippen molar-refractivity contribution in [3.8, 4) is 0 Å². The lowest BCUT2D eigenvalue weighted by Crippen LogP contribution is -2.39. The molecule has 2 atom stereocenters. The van der Waals surface area contributed by atoms with Crippen molar-refractivity contribution in [2.75, 3.05) is 20.2 Å². The molecule has 0 aliphatic carbocycles. The number of hydrogen-bond acceptors (Lipinski definition) is 3. The Bertz CT molecular complexity index is 565. The van der Waals surface area contributed by atoms with Crippen LogP contribution >= 0.6 is 0 Å². The summed E-state index contributed by atoms with van der Waals surface area (Å²) in [6.45, 7) is 3.05. The number of rotatable bonds is 5. The average molecular weight is 322 g/mol. The molecule has 1 aromatic carbocycles. The Balaban J connectivity index is 1.75. The van der Waals surface area contributed by atoms with Crippen LogP contribution in [0.15, 0.2) is 24.3 Å². The molecule has 1 aliphatic heterocycles. The van der Waals surface area contributed by atoms with Crippen LogP contribution in [0.1, 0.15) is 25.3 Å². The Labute approximate surface area is 135 Å². The summed E-state index contributed by atoms with van der Waals surface area (Å²) in [5.41, 5.74) is 0.892. The molecular formula is C17H23FN2O3. The molecule has 1 saturated heterocycles. The quantitative estimate of drug-likeness (QED) is 0.905. The first-order valence-corrected chi connectivity index (χ1v) is 7.84. The molecular weight excluding hydrogens is 299 g/mol. The van der Waals surface area contributed by atoms with Crippen molar-refractivity contribution in [1.29, 1.82) is 0 Å². The van der Waals surface area contributed by atoms with E-state index in [1.807, 2.05) is 13.0 Å². The van der Waals surface area contributed by atoms with E-state index in [1.54, 1.807) is 11.0 Å². The first-order valence-electron chi connectivity index (χ1n) is 7.84. The van der Waals surface area contributed by atoms with Gasteiger partial charge in [0.25, 0.3) is 0 Å². The second-order valence-electron chi connectivity index (χ2n) is 6.11. The number of hydrogen-bond donors (Lipinski definition) is 1. The summed E-state index contributed by atoms with van der Waals surface area (Å²) in [7, 11) is 1.35. The Morgan fingerprint density at radius 3 is 2.96 bits per heavy atom. The average Bonchev–Trinajstić information content (AvgIpc) is 2.94. The van der Waals surface area contributed by atoms with Crippen LogP contribution in [0.25, 0.3) is 0 Å². The molecule has 0 saturated carbocycles.